The number of rotatable bonds is 7. The molecule has 5 aromatic rings. The van der Waals surface area contributed by atoms with Crippen molar-refractivity contribution in [3.8, 4) is 17.5 Å². The van der Waals surface area contributed by atoms with Crippen LogP contribution in [0.1, 0.15) is 36.8 Å². The maximum Gasteiger partial charge on any atom is 0.267 e. The Morgan fingerprint density at radius 1 is 1.13 bits per heavy atom. The minimum absolute atomic E-state index is 0.174. The van der Waals surface area contributed by atoms with Crippen molar-refractivity contribution in [2.75, 3.05) is 12.5 Å². The van der Waals surface area contributed by atoms with Crippen LogP contribution in [0.5, 0.6) is 0 Å². The molecular formula is C28H27N7O3. The Bertz CT molecular complexity index is 1720. The summed E-state index contributed by atoms with van der Waals surface area (Å²) in [4.78, 5) is 23.1. The molecule has 0 saturated carbocycles. The number of hydrogen-bond donors (Lipinski definition) is 3. The SMILES string of the molecule is C[C@H](O)C#Cc1cccc2nc([C@@H](C)NCOCc3c(N)nn4cccnc34)n(-c3ccccc3)c(=O)c12. The Labute approximate surface area is 218 Å². The van der Waals surface area contributed by atoms with Crippen LogP contribution in [0.25, 0.3) is 22.2 Å². The minimum atomic E-state index is -0.815. The van der Waals surface area contributed by atoms with E-state index in [0.717, 1.165) is 0 Å². The molecule has 0 fully saturated rings. The first-order valence-corrected chi connectivity index (χ1v) is 12.1. The maximum absolute atomic E-state index is 13.9. The van der Waals surface area contributed by atoms with E-state index in [1.54, 1.807) is 52.7 Å². The van der Waals surface area contributed by atoms with Crippen molar-refractivity contribution in [3.05, 3.63) is 94.3 Å². The zero-order chi connectivity index (χ0) is 26.6. The van der Waals surface area contributed by atoms with E-state index in [1.807, 2.05) is 37.3 Å². The summed E-state index contributed by atoms with van der Waals surface area (Å²) in [7, 11) is 0. The molecule has 10 nitrogen and oxygen atoms in total. The van der Waals surface area contributed by atoms with Crippen LogP contribution in [-0.2, 0) is 11.3 Å². The number of nitrogens with one attached hydrogen (secondary N) is 1. The topological polar surface area (TPSA) is 133 Å². The third kappa shape index (κ3) is 4.99. The molecular weight excluding hydrogens is 482 g/mol. The molecule has 0 unspecified atom stereocenters. The highest BCUT2D eigenvalue weighted by atomic mass is 16.5. The van der Waals surface area contributed by atoms with Gasteiger partial charge >= 0.3 is 0 Å². The first-order chi connectivity index (χ1) is 18.4. The van der Waals surface area contributed by atoms with Crippen LogP contribution in [0.2, 0.25) is 0 Å². The van der Waals surface area contributed by atoms with E-state index in [4.69, 9.17) is 15.5 Å². The molecule has 0 radical (unpaired) electrons. The fraction of sp³-hybridized carbons (Fsp3) is 0.214. The molecule has 0 aliphatic rings. The molecule has 2 aromatic carbocycles. The van der Waals surface area contributed by atoms with Gasteiger partial charge in [0.1, 0.15) is 11.9 Å². The molecule has 0 bridgehead atoms. The third-order valence-corrected chi connectivity index (χ3v) is 6.00. The van der Waals surface area contributed by atoms with Crippen molar-refractivity contribution in [3.63, 3.8) is 0 Å². The molecule has 3 aromatic heterocycles. The molecule has 0 amide bonds. The zero-order valence-electron chi connectivity index (χ0n) is 21.0. The van der Waals surface area contributed by atoms with Gasteiger partial charge in [-0.3, -0.25) is 14.7 Å². The predicted octanol–water partition coefficient (Wildman–Crippen LogP) is 2.57. The highest BCUT2D eigenvalue weighted by molar-refractivity contribution is 5.84. The van der Waals surface area contributed by atoms with Crippen molar-refractivity contribution in [2.24, 2.45) is 0 Å². The minimum Gasteiger partial charge on any atom is -0.382 e. The molecule has 192 valence electrons. The van der Waals surface area contributed by atoms with Crippen LogP contribution in [0.3, 0.4) is 0 Å². The van der Waals surface area contributed by atoms with Gasteiger partial charge in [-0.05, 0) is 44.2 Å². The number of nitrogen functional groups attached to an aromatic ring is 1. The van der Waals surface area contributed by atoms with Crippen molar-refractivity contribution in [1.82, 2.24) is 29.5 Å². The Hall–Kier alpha value is -4.56. The monoisotopic (exact) mass is 509 g/mol. The molecule has 3 heterocycles. The van der Waals surface area contributed by atoms with E-state index < -0.39 is 6.10 Å². The zero-order valence-corrected chi connectivity index (χ0v) is 21.0. The van der Waals surface area contributed by atoms with Gasteiger partial charge in [0, 0.05) is 18.0 Å². The first-order valence-electron chi connectivity index (χ1n) is 12.1. The summed E-state index contributed by atoms with van der Waals surface area (Å²) in [6, 6.07) is 16.1. The van der Waals surface area contributed by atoms with Gasteiger partial charge in [0.05, 0.1) is 41.5 Å². The third-order valence-electron chi connectivity index (χ3n) is 6.00. The lowest BCUT2D eigenvalue weighted by Crippen LogP contribution is -2.31. The Kier molecular flexibility index (Phi) is 7.15. The second-order valence-electron chi connectivity index (χ2n) is 8.76. The predicted molar refractivity (Wildman–Crippen MR) is 145 cm³/mol. The first kappa shape index (κ1) is 25.1. The summed E-state index contributed by atoms with van der Waals surface area (Å²) in [6.45, 7) is 3.88. The molecule has 10 heteroatoms. The van der Waals surface area contributed by atoms with Crippen molar-refractivity contribution >= 4 is 22.4 Å². The second kappa shape index (κ2) is 10.8. The average Bonchev–Trinajstić information content (AvgIpc) is 3.24. The Morgan fingerprint density at radius 3 is 2.74 bits per heavy atom. The second-order valence-corrected chi connectivity index (χ2v) is 8.76. The normalized spacial score (nSPS) is 12.8. The largest absolute Gasteiger partial charge is 0.382 e. The number of hydrogen-bond acceptors (Lipinski definition) is 8. The summed E-state index contributed by atoms with van der Waals surface area (Å²) < 4.78 is 9.05. The van der Waals surface area contributed by atoms with Gasteiger partial charge in [-0.1, -0.05) is 36.1 Å². The number of nitrogens with two attached hydrogens (primary N) is 1. The summed E-state index contributed by atoms with van der Waals surface area (Å²) >= 11 is 0. The molecule has 5 rings (SSSR count). The Morgan fingerprint density at radius 2 is 1.95 bits per heavy atom. The van der Waals surface area contributed by atoms with Crippen LogP contribution in [0.4, 0.5) is 5.82 Å². The van der Waals surface area contributed by atoms with Crippen LogP contribution in [0, 0.1) is 11.8 Å². The molecule has 0 aliphatic heterocycles. The number of ether oxygens (including phenoxy) is 1. The molecule has 0 spiro atoms. The Balaban J connectivity index is 1.45. The van der Waals surface area contributed by atoms with Crippen LogP contribution >= 0.6 is 0 Å². The van der Waals surface area contributed by atoms with Crippen LogP contribution in [-0.4, -0.2) is 42.1 Å². The van der Waals surface area contributed by atoms with Crippen LogP contribution in [0.15, 0.2) is 71.8 Å². The van der Waals surface area contributed by atoms with Gasteiger partial charge in [0.2, 0.25) is 0 Å². The van der Waals surface area contributed by atoms with E-state index >= 15 is 0 Å². The number of fused-ring (bicyclic) bond motifs is 2. The number of aliphatic hydroxyl groups excluding tert-OH is 1. The van der Waals surface area contributed by atoms with Crippen molar-refractivity contribution in [1.29, 1.82) is 0 Å². The van der Waals surface area contributed by atoms with Gasteiger partial charge in [-0.25, -0.2) is 14.5 Å². The van der Waals surface area contributed by atoms with E-state index in [2.05, 4.69) is 27.2 Å². The fourth-order valence-corrected chi connectivity index (χ4v) is 4.17. The summed E-state index contributed by atoms with van der Waals surface area (Å²) in [5, 5.41) is 17.6. The number of aromatic nitrogens is 5. The fourth-order valence-electron chi connectivity index (χ4n) is 4.17. The summed E-state index contributed by atoms with van der Waals surface area (Å²) in [6.07, 6.45) is 2.64. The summed E-state index contributed by atoms with van der Waals surface area (Å²) in [5.74, 6) is 6.52. The van der Waals surface area contributed by atoms with Gasteiger partial charge in [-0.15, -0.1) is 5.10 Å². The molecule has 0 aliphatic carbocycles. The number of nitrogens with zero attached hydrogens (tertiary/aromatic N) is 5. The number of para-hydroxylation sites is 1. The lowest BCUT2D eigenvalue weighted by molar-refractivity contribution is 0.0967. The van der Waals surface area contributed by atoms with Gasteiger partial charge < -0.3 is 15.6 Å². The molecule has 38 heavy (non-hydrogen) atoms. The van der Waals surface area contributed by atoms with Gasteiger partial charge in [-0.2, -0.15) is 0 Å². The quantitative estimate of drug-likeness (QED) is 0.173. The number of anilines is 1. The summed E-state index contributed by atoms with van der Waals surface area (Å²) in [5.41, 5.74) is 8.86. The number of benzene rings is 2. The van der Waals surface area contributed by atoms with E-state index in [1.165, 1.54) is 0 Å². The number of aliphatic hydroxyl groups is 1. The van der Waals surface area contributed by atoms with Crippen molar-refractivity contribution in [2.45, 2.75) is 32.6 Å². The lowest BCUT2D eigenvalue weighted by Gasteiger charge is -2.20. The van der Waals surface area contributed by atoms with E-state index in [-0.39, 0.29) is 24.9 Å². The standard InChI is InChI=1S/C28H27N7O3/c1-18(36)12-13-20-8-6-11-23-24(20)28(37)35(21-9-4-3-5-10-21)26(32-23)19(2)31-17-38-16-22-25(29)33-34-15-7-14-30-27(22)34/h3-11,14-15,18-19,31,36H,16-17H2,1-2H3,(H2,29,33)/t18-,19+/m0/s1. The molecule has 0 saturated heterocycles. The highest BCUT2D eigenvalue weighted by Gasteiger charge is 2.19. The highest BCUT2D eigenvalue weighted by Crippen LogP contribution is 2.21. The van der Waals surface area contributed by atoms with E-state index in [9.17, 15) is 9.90 Å². The average molecular weight is 510 g/mol. The van der Waals surface area contributed by atoms with E-state index in [0.29, 0.717) is 45.0 Å². The smallest absolute Gasteiger partial charge is 0.267 e. The lowest BCUT2D eigenvalue weighted by atomic mass is 10.1. The van der Waals surface area contributed by atoms with Crippen molar-refractivity contribution < 1.29 is 9.84 Å². The van der Waals surface area contributed by atoms with Crippen LogP contribution < -0.4 is 16.6 Å². The maximum atomic E-state index is 13.9. The molecule has 4 N–H and O–H groups in total. The van der Waals surface area contributed by atoms with Gasteiger partial charge in [0.25, 0.3) is 5.56 Å². The van der Waals surface area contributed by atoms with Gasteiger partial charge in [0.15, 0.2) is 11.5 Å². The molecule has 2 atom stereocenters.